The summed E-state index contributed by atoms with van der Waals surface area (Å²) >= 11 is 5.96. The van der Waals surface area contributed by atoms with Gasteiger partial charge in [-0.15, -0.1) is 0 Å². The number of nitrogens with one attached hydrogen (secondary N) is 1. The van der Waals surface area contributed by atoms with Crippen LogP contribution in [-0.4, -0.2) is 32.2 Å². The molecule has 2 rings (SSSR count). The van der Waals surface area contributed by atoms with Crippen LogP contribution in [0.25, 0.3) is 0 Å². The summed E-state index contributed by atoms with van der Waals surface area (Å²) in [5, 5.41) is 3.32. The summed E-state index contributed by atoms with van der Waals surface area (Å²) in [6.07, 6.45) is 0.642. The summed E-state index contributed by atoms with van der Waals surface area (Å²) in [4.78, 5) is 23.6. The number of halogens is 1. The first-order chi connectivity index (χ1) is 13.0. The van der Waals surface area contributed by atoms with Gasteiger partial charge in [0.2, 0.25) is 0 Å². The van der Waals surface area contributed by atoms with E-state index < -0.39 is 11.9 Å². The van der Waals surface area contributed by atoms with E-state index in [1.54, 1.807) is 36.4 Å². The van der Waals surface area contributed by atoms with Gasteiger partial charge in [-0.25, -0.2) is 0 Å². The van der Waals surface area contributed by atoms with Gasteiger partial charge in [0.1, 0.15) is 11.5 Å². The second-order valence-electron chi connectivity index (χ2n) is 5.77. The molecule has 0 saturated heterocycles. The predicted molar refractivity (Wildman–Crippen MR) is 104 cm³/mol. The molecule has 2 aromatic rings. The minimum Gasteiger partial charge on any atom is -0.495 e. The fourth-order valence-electron chi connectivity index (χ4n) is 2.27. The molecule has 7 heteroatoms. The van der Waals surface area contributed by atoms with Gasteiger partial charge in [0.05, 0.1) is 19.4 Å². The van der Waals surface area contributed by atoms with Gasteiger partial charge in [-0.3, -0.25) is 9.59 Å². The number of hydrogen-bond acceptors (Lipinski definition) is 5. The van der Waals surface area contributed by atoms with Crippen molar-refractivity contribution < 1.29 is 23.8 Å². The first kappa shape index (κ1) is 20.6. The highest BCUT2D eigenvalue weighted by atomic mass is 35.5. The highest BCUT2D eigenvalue weighted by molar-refractivity contribution is 6.31. The van der Waals surface area contributed by atoms with Gasteiger partial charge < -0.3 is 19.5 Å². The second kappa shape index (κ2) is 10.4. The van der Waals surface area contributed by atoms with Crippen LogP contribution in [0, 0.1) is 6.92 Å². The summed E-state index contributed by atoms with van der Waals surface area (Å²) in [7, 11) is 1.51. The average molecular weight is 392 g/mol. The van der Waals surface area contributed by atoms with Crippen molar-refractivity contribution in [2.75, 3.05) is 25.6 Å². The zero-order valence-electron chi connectivity index (χ0n) is 15.3. The lowest BCUT2D eigenvalue weighted by molar-refractivity contribution is -0.147. The lowest BCUT2D eigenvalue weighted by Gasteiger charge is -2.10. The molecule has 1 N–H and O–H groups in total. The maximum Gasteiger partial charge on any atom is 0.306 e. The van der Waals surface area contributed by atoms with Gasteiger partial charge in [-0.1, -0.05) is 23.7 Å². The van der Waals surface area contributed by atoms with Gasteiger partial charge in [0.25, 0.3) is 5.91 Å². The van der Waals surface area contributed by atoms with Crippen molar-refractivity contribution in [3.63, 3.8) is 0 Å². The van der Waals surface area contributed by atoms with Crippen molar-refractivity contribution in [3.05, 3.63) is 53.1 Å². The maximum absolute atomic E-state index is 11.9. The molecule has 27 heavy (non-hydrogen) atoms. The summed E-state index contributed by atoms with van der Waals surface area (Å²) in [5.41, 5.74) is 1.45. The summed E-state index contributed by atoms with van der Waals surface area (Å²) < 4.78 is 15.7. The largest absolute Gasteiger partial charge is 0.495 e. The zero-order valence-corrected chi connectivity index (χ0v) is 16.0. The molecule has 2 aromatic carbocycles. The van der Waals surface area contributed by atoms with Crippen molar-refractivity contribution in [2.24, 2.45) is 0 Å². The van der Waals surface area contributed by atoms with E-state index in [-0.39, 0.29) is 13.0 Å². The first-order valence-corrected chi connectivity index (χ1v) is 8.85. The number of benzene rings is 2. The Hall–Kier alpha value is -2.73. The normalized spacial score (nSPS) is 10.2. The Balaban J connectivity index is 1.65. The molecular formula is C20H22ClNO5. The van der Waals surface area contributed by atoms with Gasteiger partial charge in [0.15, 0.2) is 6.61 Å². The van der Waals surface area contributed by atoms with Crippen molar-refractivity contribution in [3.8, 4) is 11.5 Å². The second-order valence-corrected chi connectivity index (χ2v) is 6.18. The number of esters is 1. The number of para-hydroxylation sites is 2. The van der Waals surface area contributed by atoms with E-state index in [0.717, 1.165) is 5.56 Å². The number of methoxy groups -OCH3 is 1. The monoisotopic (exact) mass is 391 g/mol. The molecule has 0 fully saturated rings. The molecule has 0 heterocycles. The predicted octanol–water partition coefficient (Wildman–Crippen LogP) is 4.00. The molecule has 0 atom stereocenters. The van der Waals surface area contributed by atoms with E-state index in [1.165, 1.54) is 7.11 Å². The van der Waals surface area contributed by atoms with Crippen LogP contribution in [0.4, 0.5) is 5.69 Å². The van der Waals surface area contributed by atoms with E-state index in [0.29, 0.717) is 35.2 Å². The highest BCUT2D eigenvalue weighted by Gasteiger charge is 2.10. The Morgan fingerprint density at radius 3 is 2.67 bits per heavy atom. The van der Waals surface area contributed by atoms with Gasteiger partial charge in [-0.05, 0) is 49.2 Å². The van der Waals surface area contributed by atoms with Crippen molar-refractivity contribution in [2.45, 2.75) is 19.8 Å². The Kier molecular flexibility index (Phi) is 7.95. The molecule has 0 saturated carbocycles. The molecule has 0 aliphatic rings. The van der Waals surface area contributed by atoms with E-state index in [2.05, 4.69) is 5.32 Å². The lowest BCUT2D eigenvalue weighted by atomic mass is 10.2. The van der Waals surface area contributed by atoms with Gasteiger partial charge in [0, 0.05) is 11.4 Å². The molecule has 0 bridgehead atoms. The molecule has 0 radical (unpaired) electrons. The number of hydrogen-bond donors (Lipinski definition) is 1. The molecular weight excluding hydrogens is 370 g/mol. The molecule has 144 valence electrons. The first-order valence-electron chi connectivity index (χ1n) is 8.47. The third-order valence-corrected chi connectivity index (χ3v) is 4.09. The smallest absolute Gasteiger partial charge is 0.306 e. The quantitative estimate of drug-likeness (QED) is 0.516. The molecule has 1 amide bonds. The van der Waals surface area contributed by atoms with Crippen molar-refractivity contribution in [1.29, 1.82) is 0 Å². The Morgan fingerprint density at radius 1 is 1.15 bits per heavy atom. The van der Waals surface area contributed by atoms with Crippen molar-refractivity contribution in [1.82, 2.24) is 0 Å². The molecule has 0 aliphatic carbocycles. The number of ether oxygens (including phenoxy) is 3. The zero-order chi connectivity index (χ0) is 19.6. The summed E-state index contributed by atoms with van der Waals surface area (Å²) in [6, 6.07) is 12.4. The Morgan fingerprint density at radius 2 is 1.93 bits per heavy atom. The number of carbonyl (C=O) groups is 2. The highest BCUT2D eigenvalue weighted by Crippen LogP contribution is 2.23. The number of rotatable bonds is 9. The molecule has 6 nitrogen and oxygen atoms in total. The van der Waals surface area contributed by atoms with Crippen molar-refractivity contribution >= 4 is 29.2 Å². The lowest BCUT2D eigenvalue weighted by Crippen LogP contribution is -2.21. The standard InChI is InChI=1S/C20H22ClNO5/c1-14-12-15(9-10-16(14)21)26-11-5-8-20(24)27-13-19(23)22-17-6-3-4-7-18(17)25-2/h3-4,6-7,9-10,12H,5,8,11,13H2,1-2H3,(H,22,23). The minimum atomic E-state index is -0.457. The van der Waals surface area contributed by atoms with Crippen LogP contribution in [0.2, 0.25) is 5.02 Å². The number of anilines is 1. The van der Waals surface area contributed by atoms with E-state index in [1.807, 2.05) is 13.0 Å². The van der Waals surface area contributed by atoms with Crippen LogP contribution in [-0.2, 0) is 14.3 Å². The molecule has 0 spiro atoms. The number of amides is 1. The third kappa shape index (κ3) is 6.83. The molecule has 0 unspecified atom stereocenters. The van der Waals surface area contributed by atoms with Gasteiger partial charge in [-0.2, -0.15) is 0 Å². The summed E-state index contributed by atoms with van der Waals surface area (Å²) in [5.74, 6) is 0.343. The van der Waals surface area contributed by atoms with Gasteiger partial charge >= 0.3 is 5.97 Å². The van der Waals surface area contributed by atoms with Crippen LogP contribution >= 0.6 is 11.6 Å². The maximum atomic E-state index is 11.9. The molecule has 0 aliphatic heterocycles. The van der Waals surface area contributed by atoms with Crippen LogP contribution in [0.1, 0.15) is 18.4 Å². The Labute approximate surface area is 163 Å². The van der Waals surface area contributed by atoms with E-state index in [9.17, 15) is 9.59 Å². The van der Waals surface area contributed by atoms with Crippen LogP contribution < -0.4 is 14.8 Å². The number of carbonyl (C=O) groups excluding carboxylic acids is 2. The minimum absolute atomic E-state index is 0.161. The van der Waals surface area contributed by atoms with E-state index >= 15 is 0 Å². The fourth-order valence-corrected chi connectivity index (χ4v) is 2.38. The Bertz CT molecular complexity index is 794. The van der Waals surface area contributed by atoms with Crippen LogP contribution in [0.15, 0.2) is 42.5 Å². The topological polar surface area (TPSA) is 73.9 Å². The van der Waals surface area contributed by atoms with E-state index in [4.69, 9.17) is 25.8 Å². The number of aryl methyl sites for hydroxylation is 1. The van der Waals surface area contributed by atoms with Crippen LogP contribution in [0.3, 0.4) is 0 Å². The summed E-state index contributed by atoms with van der Waals surface area (Å²) in [6.45, 7) is 1.90. The fraction of sp³-hybridized carbons (Fsp3) is 0.300. The SMILES string of the molecule is COc1ccccc1NC(=O)COC(=O)CCCOc1ccc(Cl)c(C)c1. The third-order valence-electron chi connectivity index (χ3n) is 3.67. The molecule has 0 aromatic heterocycles. The average Bonchev–Trinajstić information content (AvgIpc) is 2.66. The van der Waals surface area contributed by atoms with Crippen LogP contribution in [0.5, 0.6) is 11.5 Å².